The predicted octanol–water partition coefficient (Wildman–Crippen LogP) is 2.83. The monoisotopic (exact) mass is 517 g/mol. The van der Waals surface area contributed by atoms with Gasteiger partial charge in [-0.2, -0.15) is 4.98 Å². The Bertz CT molecular complexity index is 1560. The van der Waals surface area contributed by atoms with E-state index in [0.717, 1.165) is 22.4 Å². The smallest absolute Gasteiger partial charge is 0.296 e. The SMILES string of the molecule is O[C@@H]1CO[C@H]2[C@@H]1OC[C@H]2Oc1nc2nc(-c3ccc(-c4ccc(-n5cnnn5)cc4)cc3)c(Cl)cc2[nH]1. The van der Waals surface area contributed by atoms with Crippen LogP contribution in [0.2, 0.25) is 5.02 Å². The van der Waals surface area contributed by atoms with Gasteiger partial charge in [0.05, 0.1) is 35.1 Å². The van der Waals surface area contributed by atoms with Crippen LogP contribution in [0.1, 0.15) is 0 Å². The zero-order chi connectivity index (χ0) is 24.9. The third-order valence-corrected chi connectivity index (χ3v) is 6.91. The molecule has 12 heteroatoms. The molecule has 0 radical (unpaired) electrons. The van der Waals surface area contributed by atoms with Crippen molar-refractivity contribution in [1.29, 1.82) is 0 Å². The number of ether oxygens (including phenoxy) is 3. The normalized spacial score (nSPS) is 23.0. The summed E-state index contributed by atoms with van der Waals surface area (Å²) in [6, 6.07) is 18.0. The van der Waals surface area contributed by atoms with Gasteiger partial charge in [0.25, 0.3) is 6.01 Å². The fraction of sp³-hybridized carbons (Fsp3) is 0.240. The largest absolute Gasteiger partial charge is 0.456 e. The Labute approximate surface area is 215 Å². The summed E-state index contributed by atoms with van der Waals surface area (Å²) in [5.74, 6) is 0. The van der Waals surface area contributed by atoms with Crippen LogP contribution in [0.4, 0.5) is 0 Å². The molecule has 7 rings (SSSR count). The van der Waals surface area contributed by atoms with E-state index in [1.165, 1.54) is 0 Å². The highest BCUT2D eigenvalue weighted by molar-refractivity contribution is 6.33. The Kier molecular flexibility index (Phi) is 5.36. The molecule has 2 saturated heterocycles. The van der Waals surface area contributed by atoms with Crippen molar-refractivity contribution in [2.45, 2.75) is 24.4 Å². The average Bonchev–Trinajstić information content (AvgIpc) is 3.71. The zero-order valence-electron chi connectivity index (χ0n) is 19.2. The Hall–Kier alpha value is -3.90. The summed E-state index contributed by atoms with van der Waals surface area (Å²) in [5.41, 5.74) is 5.63. The number of imidazole rings is 1. The van der Waals surface area contributed by atoms with Crippen molar-refractivity contribution in [2.75, 3.05) is 13.2 Å². The van der Waals surface area contributed by atoms with Crippen LogP contribution in [0.15, 0.2) is 60.9 Å². The summed E-state index contributed by atoms with van der Waals surface area (Å²) in [7, 11) is 0. The molecule has 0 unspecified atom stereocenters. The first kappa shape index (κ1) is 22.3. The van der Waals surface area contributed by atoms with E-state index in [-0.39, 0.29) is 24.9 Å². The van der Waals surface area contributed by atoms with Gasteiger partial charge in [-0.15, -0.1) is 5.10 Å². The minimum atomic E-state index is -0.639. The van der Waals surface area contributed by atoms with Gasteiger partial charge in [0.1, 0.15) is 24.6 Å². The van der Waals surface area contributed by atoms with E-state index < -0.39 is 6.10 Å². The molecule has 2 fully saturated rings. The Balaban J connectivity index is 1.11. The third kappa shape index (κ3) is 4.02. The van der Waals surface area contributed by atoms with Crippen molar-refractivity contribution in [3.63, 3.8) is 0 Å². The van der Waals surface area contributed by atoms with Crippen molar-refractivity contribution >= 4 is 22.8 Å². The first-order valence-electron chi connectivity index (χ1n) is 11.7. The van der Waals surface area contributed by atoms with Crippen LogP contribution in [0.25, 0.3) is 39.2 Å². The van der Waals surface area contributed by atoms with Crippen LogP contribution < -0.4 is 4.74 Å². The van der Waals surface area contributed by atoms with Gasteiger partial charge in [-0.3, -0.25) is 0 Å². The minimum Gasteiger partial charge on any atom is -0.456 e. The average molecular weight is 518 g/mol. The molecular weight excluding hydrogens is 498 g/mol. The lowest BCUT2D eigenvalue weighted by Crippen LogP contribution is -2.34. The second kappa shape index (κ2) is 8.89. The van der Waals surface area contributed by atoms with Crippen LogP contribution in [0.5, 0.6) is 6.01 Å². The van der Waals surface area contributed by atoms with E-state index in [1.807, 2.05) is 48.5 Å². The van der Waals surface area contributed by atoms with E-state index in [4.69, 9.17) is 25.8 Å². The zero-order valence-corrected chi connectivity index (χ0v) is 20.0. The molecule has 0 aliphatic carbocycles. The lowest BCUT2D eigenvalue weighted by atomic mass is 10.0. The molecule has 0 bridgehead atoms. The molecule has 0 saturated carbocycles. The van der Waals surface area contributed by atoms with Crippen molar-refractivity contribution < 1.29 is 19.3 Å². The fourth-order valence-corrected chi connectivity index (χ4v) is 5.01. The Morgan fingerprint density at radius 3 is 2.43 bits per heavy atom. The van der Waals surface area contributed by atoms with Crippen LogP contribution in [-0.4, -0.2) is 77.9 Å². The molecule has 5 heterocycles. The number of nitrogens with zero attached hydrogens (tertiary/aromatic N) is 6. The molecule has 11 nitrogen and oxygen atoms in total. The second-order valence-electron chi connectivity index (χ2n) is 8.93. The quantitative estimate of drug-likeness (QED) is 0.361. The number of H-pyrrole nitrogens is 1. The van der Waals surface area contributed by atoms with Gasteiger partial charge in [0.15, 0.2) is 11.8 Å². The molecule has 37 heavy (non-hydrogen) atoms. The molecule has 0 amide bonds. The molecule has 2 aromatic carbocycles. The number of nitrogens with one attached hydrogen (secondary N) is 1. The second-order valence-corrected chi connectivity index (χ2v) is 9.34. The number of hydrogen-bond donors (Lipinski definition) is 2. The molecule has 4 atom stereocenters. The lowest BCUT2D eigenvalue weighted by Gasteiger charge is -2.15. The number of fused-ring (bicyclic) bond motifs is 2. The Morgan fingerprint density at radius 2 is 1.68 bits per heavy atom. The first-order chi connectivity index (χ1) is 18.1. The lowest BCUT2D eigenvalue weighted by molar-refractivity contribution is 0.00706. The maximum atomic E-state index is 9.93. The minimum absolute atomic E-state index is 0.237. The molecule has 3 aromatic heterocycles. The highest BCUT2D eigenvalue weighted by atomic mass is 35.5. The third-order valence-electron chi connectivity index (χ3n) is 6.62. The van der Waals surface area contributed by atoms with E-state index in [2.05, 4.69) is 30.5 Å². The highest BCUT2D eigenvalue weighted by Crippen LogP contribution is 2.33. The molecule has 2 aliphatic rings. The van der Waals surface area contributed by atoms with Crippen LogP contribution in [-0.2, 0) is 9.47 Å². The number of aromatic amines is 1. The van der Waals surface area contributed by atoms with Gasteiger partial charge < -0.3 is 24.3 Å². The molecular formula is C25H20ClN7O4. The van der Waals surface area contributed by atoms with Gasteiger partial charge in [-0.25, -0.2) is 9.67 Å². The van der Waals surface area contributed by atoms with Gasteiger partial charge in [-0.05, 0) is 39.8 Å². The number of aliphatic hydroxyl groups excluding tert-OH is 1. The summed E-state index contributed by atoms with van der Waals surface area (Å²) in [6.07, 6.45) is -0.156. The van der Waals surface area contributed by atoms with E-state index in [9.17, 15) is 5.11 Å². The van der Waals surface area contributed by atoms with E-state index in [1.54, 1.807) is 17.1 Å². The summed E-state index contributed by atoms with van der Waals surface area (Å²) < 4.78 is 18.8. The van der Waals surface area contributed by atoms with Crippen LogP contribution in [0, 0.1) is 0 Å². The fourth-order valence-electron chi connectivity index (χ4n) is 4.75. The van der Waals surface area contributed by atoms with Gasteiger partial charge in [0.2, 0.25) is 0 Å². The van der Waals surface area contributed by atoms with Gasteiger partial charge >= 0.3 is 0 Å². The summed E-state index contributed by atoms with van der Waals surface area (Å²) in [6.45, 7) is 0.552. The van der Waals surface area contributed by atoms with Gasteiger partial charge in [0, 0.05) is 5.56 Å². The topological polar surface area (TPSA) is 133 Å². The first-order valence-corrected chi connectivity index (χ1v) is 12.1. The molecule has 2 aliphatic heterocycles. The number of halogens is 1. The summed E-state index contributed by atoms with van der Waals surface area (Å²) in [5, 5.41) is 21.7. The number of aliphatic hydroxyl groups is 1. The van der Waals surface area contributed by atoms with Gasteiger partial charge in [-0.1, -0.05) is 48.0 Å². The molecule has 5 aromatic rings. The van der Waals surface area contributed by atoms with Crippen LogP contribution >= 0.6 is 11.6 Å². The van der Waals surface area contributed by atoms with Crippen molar-refractivity contribution in [3.05, 3.63) is 65.9 Å². The predicted molar refractivity (Wildman–Crippen MR) is 132 cm³/mol. The van der Waals surface area contributed by atoms with E-state index in [0.29, 0.717) is 34.5 Å². The molecule has 2 N–H and O–H groups in total. The number of tetrazole rings is 1. The molecule has 186 valence electrons. The van der Waals surface area contributed by atoms with Crippen molar-refractivity contribution in [3.8, 4) is 34.1 Å². The number of hydrogen-bond acceptors (Lipinski definition) is 9. The maximum absolute atomic E-state index is 9.93. The summed E-state index contributed by atoms with van der Waals surface area (Å²) in [4.78, 5) is 12.3. The number of aromatic nitrogens is 7. The number of pyridine rings is 1. The number of benzene rings is 2. The summed E-state index contributed by atoms with van der Waals surface area (Å²) >= 11 is 6.59. The van der Waals surface area contributed by atoms with E-state index >= 15 is 0 Å². The molecule has 0 spiro atoms. The number of rotatable bonds is 5. The highest BCUT2D eigenvalue weighted by Gasteiger charge is 2.48. The Morgan fingerprint density at radius 1 is 0.946 bits per heavy atom. The van der Waals surface area contributed by atoms with Crippen molar-refractivity contribution in [1.82, 2.24) is 35.2 Å². The standard InChI is InChI=1S/C25H20ClN7O4/c26-17-9-18-24(30-25(28-18)37-20-11-36-22-19(34)10-35-23(20)22)29-21(17)15-3-1-13(2-4-15)14-5-7-16(8-6-14)33-12-27-31-32-33/h1-9,12,19-20,22-23,34H,10-11H2,(H,28,29,30)/t19-,20-,22-,23-/m1/s1. The maximum Gasteiger partial charge on any atom is 0.296 e. The van der Waals surface area contributed by atoms with Crippen LogP contribution in [0.3, 0.4) is 0 Å². The van der Waals surface area contributed by atoms with Crippen molar-refractivity contribution in [2.24, 2.45) is 0 Å².